The molecule has 4 heteroatoms. The second-order valence-corrected chi connectivity index (χ2v) is 9.29. The molecule has 6 unspecified atom stereocenters. The molecule has 6 atom stereocenters. The lowest BCUT2D eigenvalue weighted by Crippen LogP contribution is -2.67. The Balaban J connectivity index is 1.81. The van der Waals surface area contributed by atoms with Gasteiger partial charge in [-0.2, -0.15) is 0 Å². The number of hydrogen-bond donors (Lipinski definition) is 1. The molecule has 3 nitrogen and oxygen atoms in total. The Morgan fingerprint density at radius 3 is 2.18 bits per heavy atom. The zero-order chi connectivity index (χ0) is 19.4. The number of allylic oxidation sites excluding steroid dienone is 7. The minimum atomic E-state index is -0.116. The summed E-state index contributed by atoms with van der Waals surface area (Å²) in [4.78, 5) is 2.69. The summed E-state index contributed by atoms with van der Waals surface area (Å²) in [6, 6.07) is 0. The van der Waals surface area contributed by atoms with E-state index >= 15 is 0 Å². The topological polar surface area (TPSA) is 32.7 Å². The zero-order valence-electron chi connectivity index (χ0n) is 16.7. The van der Waals surface area contributed by atoms with Gasteiger partial charge in [-0.15, -0.1) is 9.24 Å². The summed E-state index contributed by atoms with van der Waals surface area (Å²) in [7, 11) is 2.85. The van der Waals surface area contributed by atoms with E-state index in [0.29, 0.717) is 17.8 Å². The van der Waals surface area contributed by atoms with Gasteiger partial charge in [0.05, 0.1) is 18.6 Å². The molecule has 0 aromatic rings. The van der Waals surface area contributed by atoms with Crippen LogP contribution in [0.4, 0.5) is 0 Å². The predicted molar refractivity (Wildman–Crippen MR) is 119 cm³/mol. The van der Waals surface area contributed by atoms with Crippen molar-refractivity contribution in [1.82, 2.24) is 4.90 Å². The van der Waals surface area contributed by atoms with Crippen molar-refractivity contribution in [3.63, 3.8) is 0 Å². The normalized spacial score (nSPS) is 37.9. The average molecular weight is 400 g/mol. The number of hydrogen-bond acceptors (Lipinski definition) is 3. The van der Waals surface area contributed by atoms with Crippen molar-refractivity contribution in [3.8, 4) is 0 Å². The first kappa shape index (κ1) is 20.3. The number of morpholine rings is 1. The Kier molecular flexibility index (Phi) is 6.68. The Hall–Kier alpha value is -0.990. The molecule has 0 aromatic heterocycles. The van der Waals surface area contributed by atoms with Gasteiger partial charge >= 0.3 is 0 Å². The highest BCUT2D eigenvalue weighted by Crippen LogP contribution is 2.50. The molecule has 1 fully saturated rings. The van der Waals surface area contributed by atoms with Crippen molar-refractivity contribution in [3.05, 3.63) is 60.8 Å². The summed E-state index contributed by atoms with van der Waals surface area (Å²) >= 11 is 0. The van der Waals surface area contributed by atoms with Gasteiger partial charge in [0, 0.05) is 30.5 Å². The lowest BCUT2D eigenvalue weighted by Gasteiger charge is -2.59. The van der Waals surface area contributed by atoms with Crippen LogP contribution in [-0.2, 0) is 4.74 Å². The van der Waals surface area contributed by atoms with Crippen molar-refractivity contribution >= 4 is 9.24 Å². The maximum Gasteiger partial charge on any atom is 0.0941 e. The molecule has 1 saturated heterocycles. The van der Waals surface area contributed by atoms with Crippen LogP contribution in [0.1, 0.15) is 32.1 Å². The molecule has 0 radical (unpaired) electrons. The Labute approximate surface area is 172 Å². The van der Waals surface area contributed by atoms with Crippen LogP contribution in [0.3, 0.4) is 0 Å². The van der Waals surface area contributed by atoms with E-state index in [4.69, 9.17) is 4.74 Å². The van der Waals surface area contributed by atoms with Gasteiger partial charge in [-0.1, -0.05) is 60.8 Å². The molecule has 0 bridgehead atoms. The van der Waals surface area contributed by atoms with Crippen LogP contribution in [0.15, 0.2) is 60.8 Å². The maximum atomic E-state index is 9.90. The van der Waals surface area contributed by atoms with E-state index in [1.165, 1.54) is 19.3 Å². The van der Waals surface area contributed by atoms with E-state index in [1.54, 1.807) is 0 Å². The molecule has 1 aliphatic heterocycles. The fourth-order valence-corrected chi connectivity index (χ4v) is 6.34. The Bertz CT molecular complexity index is 645. The number of rotatable bonds is 5. The predicted octanol–water partition coefficient (Wildman–Crippen LogP) is 4.24. The second kappa shape index (κ2) is 9.22. The SMILES string of the molecule is OCC1CN(C(C2C=CC=CC2)(C2C=CC=CC2)C2C=CCCC2)CC(P)O1. The van der Waals surface area contributed by atoms with E-state index in [0.717, 1.165) is 25.9 Å². The van der Waals surface area contributed by atoms with Gasteiger partial charge < -0.3 is 9.84 Å². The van der Waals surface area contributed by atoms with E-state index in [9.17, 15) is 5.11 Å². The van der Waals surface area contributed by atoms with Crippen LogP contribution >= 0.6 is 9.24 Å². The first-order valence-electron chi connectivity index (χ1n) is 10.9. The standard InChI is InChI=1S/C24H34NO2P/c26-18-22-16-25(17-23(28)27-22)24(19-10-4-1-5-11-19,20-12-6-2-7-13-20)21-14-8-3-9-15-21/h1-2,4-8,10,12,14,19-23,26H,3,9,11,13,15-18,28H2. The van der Waals surface area contributed by atoms with Crippen LogP contribution in [0.5, 0.6) is 0 Å². The fraction of sp³-hybridized carbons (Fsp3) is 0.583. The van der Waals surface area contributed by atoms with Crippen molar-refractivity contribution in [1.29, 1.82) is 0 Å². The van der Waals surface area contributed by atoms with Crippen LogP contribution in [0.2, 0.25) is 0 Å². The largest absolute Gasteiger partial charge is 0.394 e. The van der Waals surface area contributed by atoms with Crippen LogP contribution < -0.4 is 0 Å². The lowest BCUT2D eigenvalue weighted by atomic mass is 9.59. The highest BCUT2D eigenvalue weighted by Gasteiger charge is 2.53. The molecular weight excluding hydrogens is 365 g/mol. The Morgan fingerprint density at radius 1 is 0.929 bits per heavy atom. The summed E-state index contributed by atoms with van der Waals surface area (Å²) in [6.07, 6.45) is 29.0. The second-order valence-electron chi connectivity index (χ2n) is 8.55. The minimum absolute atomic E-state index is 0.00542. The average Bonchev–Trinajstić information content (AvgIpc) is 2.76. The third kappa shape index (κ3) is 3.87. The molecule has 0 spiro atoms. The van der Waals surface area contributed by atoms with Gasteiger partial charge in [0.1, 0.15) is 0 Å². The molecule has 3 aliphatic carbocycles. The van der Waals surface area contributed by atoms with E-state index in [1.807, 2.05) is 0 Å². The van der Waals surface area contributed by atoms with Gasteiger partial charge in [0.2, 0.25) is 0 Å². The van der Waals surface area contributed by atoms with Crippen molar-refractivity contribution in [2.45, 2.75) is 49.6 Å². The monoisotopic (exact) mass is 399 g/mol. The molecule has 1 heterocycles. The summed E-state index contributed by atoms with van der Waals surface area (Å²) in [5.74, 6) is 1.49. The smallest absolute Gasteiger partial charge is 0.0941 e. The van der Waals surface area contributed by atoms with Gasteiger partial charge in [-0.3, -0.25) is 4.90 Å². The van der Waals surface area contributed by atoms with Crippen molar-refractivity contribution in [2.24, 2.45) is 17.8 Å². The van der Waals surface area contributed by atoms with Gasteiger partial charge in [-0.05, 0) is 38.0 Å². The quantitative estimate of drug-likeness (QED) is 0.554. The highest BCUT2D eigenvalue weighted by molar-refractivity contribution is 7.17. The number of aliphatic hydroxyl groups is 1. The van der Waals surface area contributed by atoms with Gasteiger partial charge in [-0.25, -0.2) is 0 Å². The molecule has 4 rings (SSSR count). The third-order valence-electron chi connectivity index (χ3n) is 6.94. The van der Waals surface area contributed by atoms with Gasteiger partial charge in [0.15, 0.2) is 0 Å². The van der Waals surface area contributed by atoms with Crippen molar-refractivity contribution in [2.75, 3.05) is 19.7 Å². The van der Waals surface area contributed by atoms with Crippen molar-refractivity contribution < 1.29 is 9.84 Å². The number of nitrogens with zero attached hydrogens (tertiary/aromatic N) is 1. The van der Waals surface area contributed by atoms with E-state index in [-0.39, 0.29) is 24.1 Å². The van der Waals surface area contributed by atoms with Crippen LogP contribution in [-0.4, -0.2) is 47.2 Å². The van der Waals surface area contributed by atoms with Gasteiger partial charge in [0.25, 0.3) is 0 Å². The molecule has 1 N–H and O–H groups in total. The molecule has 152 valence electrons. The molecule has 0 amide bonds. The first-order valence-corrected chi connectivity index (χ1v) is 11.5. The zero-order valence-corrected chi connectivity index (χ0v) is 17.9. The first-order chi connectivity index (χ1) is 13.7. The molecule has 4 aliphatic rings. The fourth-order valence-electron chi connectivity index (χ4n) is 5.86. The van der Waals surface area contributed by atoms with Crippen LogP contribution in [0.25, 0.3) is 0 Å². The highest BCUT2D eigenvalue weighted by atomic mass is 31.0. The molecule has 28 heavy (non-hydrogen) atoms. The van der Waals surface area contributed by atoms with E-state index in [2.05, 4.69) is 74.9 Å². The lowest BCUT2D eigenvalue weighted by molar-refractivity contribution is -0.132. The number of ether oxygens (including phenoxy) is 1. The third-order valence-corrected chi connectivity index (χ3v) is 7.31. The summed E-state index contributed by atoms with van der Waals surface area (Å²) in [5, 5.41) is 9.90. The number of aliphatic hydroxyl groups excluding tert-OH is 1. The minimum Gasteiger partial charge on any atom is -0.394 e. The van der Waals surface area contributed by atoms with E-state index < -0.39 is 0 Å². The maximum absolute atomic E-state index is 9.90. The molecule has 0 aromatic carbocycles. The summed E-state index contributed by atoms with van der Waals surface area (Å²) < 4.78 is 6.01. The summed E-state index contributed by atoms with van der Waals surface area (Å²) in [5.41, 5.74) is 0.00542. The Morgan fingerprint density at radius 2 is 1.64 bits per heavy atom. The molecular formula is C24H34NO2P. The summed E-state index contributed by atoms with van der Waals surface area (Å²) in [6.45, 7) is 1.78. The van der Waals surface area contributed by atoms with Crippen LogP contribution in [0, 0.1) is 17.8 Å². The molecule has 0 saturated carbocycles.